The van der Waals surface area contributed by atoms with Crippen LogP contribution in [-0.2, 0) is 4.74 Å². The van der Waals surface area contributed by atoms with Crippen LogP contribution in [0.5, 0.6) is 0 Å². The molecule has 0 unspecified atom stereocenters. The van der Waals surface area contributed by atoms with Crippen LogP contribution < -0.4 is 4.90 Å². The van der Waals surface area contributed by atoms with Crippen LogP contribution in [0.2, 0.25) is 0 Å². The van der Waals surface area contributed by atoms with E-state index < -0.39 is 0 Å². The zero-order chi connectivity index (χ0) is 16.0. The van der Waals surface area contributed by atoms with Gasteiger partial charge in [0.1, 0.15) is 0 Å². The van der Waals surface area contributed by atoms with Crippen molar-refractivity contribution in [3.63, 3.8) is 0 Å². The quantitative estimate of drug-likeness (QED) is 0.476. The van der Waals surface area contributed by atoms with Gasteiger partial charge < -0.3 is 14.5 Å². The van der Waals surface area contributed by atoms with E-state index in [0.29, 0.717) is 5.92 Å². The number of nitrogens with zero attached hydrogens (tertiary/aromatic N) is 2. The summed E-state index contributed by atoms with van der Waals surface area (Å²) in [6.45, 7) is 14.2. The van der Waals surface area contributed by atoms with E-state index in [4.69, 9.17) is 29.2 Å². The molecule has 0 saturated carbocycles. The monoisotopic (exact) mass is 328 g/mol. The Kier molecular flexibility index (Phi) is 7.95. The van der Waals surface area contributed by atoms with Gasteiger partial charge in [-0.15, -0.1) is 0 Å². The van der Waals surface area contributed by atoms with Crippen molar-refractivity contribution in [1.82, 2.24) is 4.90 Å². The van der Waals surface area contributed by atoms with Gasteiger partial charge in [0.2, 0.25) is 0 Å². The Balaban J connectivity index is 2.39. The number of likely N-dealkylation sites (N-methyl/N-ethyl adjacent to an activating group) is 2. The van der Waals surface area contributed by atoms with Crippen LogP contribution in [0.3, 0.4) is 0 Å². The van der Waals surface area contributed by atoms with Gasteiger partial charge in [0.05, 0.1) is 27.9 Å². The maximum absolute atomic E-state index is 5.73. The van der Waals surface area contributed by atoms with Gasteiger partial charge in [-0.1, -0.05) is 52.1 Å². The van der Waals surface area contributed by atoms with Crippen molar-refractivity contribution in [3.8, 4) is 0 Å². The third kappa shape index (κ3) is 4.81. The summed E-state index contributed by atoms with van der Waals surface area (Å²) in [7, 11) is 2.07. The fraction of sp³-hybridized carbons (Fsp3) is 0.750. The van der Waals surface area contributed by atoms with Crippen molar-refractivity contribution < 1.29 is 4.74 Å². The summed E-state index contributed by atoms with van der Waals surface area (Å²) >= 11 is 10.7. The van der Waals surface area contributed by atoms with Crippen molar-refractivity contribution >= 4 is 30.1 Å². The molecule has 0 bridgehead atoms. The highest BCUT2D eigenvalue weighted by molar-refractivity contribution is 7.74. The van der Waals surface area contributed by atoms with Crippen LogP contribution >= 0.6 is 24.4 Å². The number of hydrogen-bond acceptors (Lipinski definition) is 5. The minimum absolute atomic E-state index is 0.435. The van der Waals surface area contributed by atoms with Crippen molar-refractivity contribution in [1.29, 1.82) is 0 Å². The minimum Gasteiger partial charge on any atom is -0.378 e. The highest BCUT2D eigenvalue weighted by Gasteiger charge is 2.20. The standard InChI is InChI=1S/C16H28N2OS2/c1-6-18(7-2)9-11-19-10-8-17(5)14-13(12(3)4)15(20)16(14)21/h12H,6-11H2,1-5H3. The van der Waals surface area contributed by atoms with Crippen molar-refractivity contribution in [2.75, 3.05) is 51.3 Å². The van der Waals surface area contributed by atoms with E-state index >= 15 is 0 Å². The van der Waals surface area contributed by atoms with Crippen LogP contribution in [0, 0.1) is 9.02 Å². The summed E-state index contributed by atoms with van der Waals surface area (Å²) in [4.78, 5) is 4.55. The highest BCUT2D eigenvalue weighted by Crippen LogP contribution is 2.35. The summed E-state index contributed by atoms with van der Waals surface area (Å²) in [6.07, 6.45) is 0. The molecule has 0 aliphatic carbocycles. The van der Waals surface area contributed by atoms with E-state index in [1.807, 2.05) is 0 Å². The number of ether oxygens (including phenoxy) is 1. The second kappa shape index (κ2) is 8.93. The first kappa shape index (κ1) is 18.7. The first-order valence-electron chi connectivity index (χ1n) is 7.78. The third-order valence-corrected chi connectivity index (χ3v) is 4.85. The minimum atomic E-state index is 0.435. The van der Waals surface area contributed by atoms with E-state index in [-0.39, 0.29) is 0 Å². The molecule has 0 fully saturated rings. The average Bonchev–Trinajstić information content (AvgIpc) is 2.46. The summed E-state index contributed by atoms with van der Waals surface area (Å²) < 4.78 is 7.46. The molecule has 0 spiro atoms. The van der Waals surface area contributed by atoms with E-state index in [0.717, 1.165) is 54.1 Å². The second-order valence-corrected chi connectivity index (χ2v) is 6.45. The molecule has 0 amide bonds. The van der Waals surface area contributed by atoms with Crippen LogP contribution in [0.15, 0.2) is 0 Å². The van der Waals surface area contributed by atoms with Gasteiger partial charge in [-0.25, -0.2) is 0 Å². The van der Waals surface area contributed by atoms with E-state index in [9.17, 15) is 0 Å². The Hall–Kier alpha value is -0.360. The molecule has 1 aromatic rings. The molecule has 3 nitrogen and oxygen atoms in total. The van der Waals surface area contributed by atoms with Crippen LogP contribution in [0.4, 0.5) is 5.69 Å². The van der Waals surface area contributed by atoms with Crippen LogP contribution in [0.1, 0.15) is 39.2 Å². The van der Waals surface area contributed by atoms with Crippen LogP contribution in [-0.4, -0.2) is 51.3 Å². The SMILES string of the molecule is CCN(CC)CCOCCN(C)c1c(C(C)C)c(=S)c1=S. The Bertz CT molecular complexity index is 502. The third-order valence-electron chi connectivity index (χ3n) is 3.90. The Labute approximate surface area is 139 Å². The van der Waals surface area contributed by atoms with Crippen molar-refractivity contribution in [2.24, 2.45) is 0 Å². The molecule has 21 heavy (non-hydrogen) atoms. The molecular formula is C16H28N2OS2. The van der Waals surface area contributed by atoms with Gasteiger partial charge >= 0.3 is 0 Å². The molecule has 0 radical (unpaired) electrons. The van der Waals surface area contributed by atoms with Gasteiger partial charge in [0.15, 0.2) is 0 Å². The van der Waals surface area contributed by atoms with Gasteiger partial charge in [-0.3, -0.25) is 0 Å². The molecule has 0 heterocycles. The Morgan fingerprint density at radius 2 is 1.57 bits per heavy atom. The molecule has 5 heteroatoms. The van der Waals surface area contributed by atoms with Crippen molar-refractivity contribution in [3.05, 3.63) is 14.6 Å². The Morgan fingerprint density at radius 3 is 2.10 bits per heavy atom. The first-order valence-corrected chi connectivity index (χ1v) is 8.60. The van der Waals surface area contributed by atoms with Gasteiger partial charge in [0, 0.05) is 20.1 Å². The zero-order valence-corrected chi connectivity index (χ0v) is 15.6. The van der Waals surface area contributed by atoms with Crippen molar-refractivity contribution in [2.45, 2.75) is 33.6 Å². The maximum atomic E-state index is 5.73. The molecule has 120 valence electrons. The lowest BCUT2D eigenvalue weighted by atomic mass is 9.96. The first-order chi connectivity index (χ1) is 9.93. The molecule has 0 aromatic heterocycles. The van der Waals surface area contributed by atoms with Gasteiger partial charge in [-0.2, -0.15) is 0 Å². The fourth-order valence-corrected chi connectivity index (χ4v) is 3.27. The fourth-order valence-electron chi connectivity index (χ4n) is 2.46. The lowest BCUT2D eigenvalue weighted by Gasteiger charge is -2.27. The molecule has 1 rings (SSSR count). The topological polar surface area (TPSA) is 15.7 Å². The molecule has 0 N–H and O–H groups in total. The number of rotatable bonds is 10. The molecular weight excluding hydrogens is 300 g/mol. The van der Waals surface area contributed by atoms with Crippen LogP contribution in [0.25, 0.3) is 0 Å². The Morgan fingerprint density at radius 1 is 1.00 bits per heavy atom. The zero-order valence-electron chi connectivity index (χ0n) is 13.9. The summed E-state index contributed by atoms with van der Waals surface area (Å²) in [6, 6.07) is 0. The van der Waals surface area contributed by atoms with E-state index in [2.05, 4.69) is 44.5 Å². The van der Waals surface area contributed by atoms with Gasteiger partial charge in [0.25, 0.3) is 0 Å². The molecule has 0 aliphatic heterocycles. The predicted molar refractivity (Wildman–Crippen MR) is 96.4 cm³/mol. The summed E-state index contributed by atoms with van der Waals surface area (Å²) in [5.41, 5.74) is 2.39. The average molecular weight is 329 g/mol. The largest absolute Gasteiger partial charge is 0.378 e. The predicted octanol–water partition coefficient (Wildman–Crippen LogP) is 3.94. The molecule has 0 aliphatic rings. The normalized spacial score (nSPS) is 11.8. The van der Waals surface area contributed by atoms with E-state index in [1.54, 1.807) is 0 Å². The second-order valence-electron chi connectivity index (χ2n) is 5.64. The maximum Gasteiger partial charge on any atom is 0.0798 e. The molecule has 0 saturated heterocycles. The summed E-state index contributed by atoms with van der Waals surface area (Å²) in [5, 5.41) is 0. The molecule has 0 atom stereocenters. The highest BCUT2D eigenvalue weighted by atomic mass is 32.1. The van der Waals surface area contributed by atoms with Gasteiger partial charge in [-0.05, 0) is 24.6 Å². The lowest BCUT2D eigenvalue weighted by molar-refractivity contribution is 0.112. The lowest BCUT2D eigenvalue weighted by Crippen LogP contribution is -2.29. The molecule has 1 aromatic carbocycles. The van der Waals surface area contributed by atoms with E-state index in [1.165, 1.54) is 5.56 Å². The number of hydrogen-bond donors (Lipinski definition) is 0. The number of anilines is 1. The smallest absolute Gasteiger partial charge is 0.0798 e. The summed E-state index contributed by atoms with van der Waals surface area (Å²) in [5.74, 6) is 0.435.